The molecule has 1 unspecified atom stereocenters. The van der Waals surface area contributed by atoms with Gasteiger partial charge in [0.25, 0.3) is 0 Å². The molecule has 0 aliphatic heterocycles. The van der Waals surface area contributed by atoms with Gasteiger partial charge in [0, 0.05) is 34.6 Å². The molecule has 1 atom stereocenters. The van der Waals surface area contributed by atoms with E-state index < -0.39 is 5.41 Å². The van der Waals surface area contributed by atoms with Crippen LogP contribution >= 0.6 is 0 Å². The van der Waals surface area contributed by atoms with Crippen molar-refractivity contribution in [2.45, 2.75) is 5.41 Å². The summed E-state index contributed by atoms with van der Waals surface area (Å²) in [6, 6.07) is 65.7. The summed E-state index contributed by atoms with van der Waals surface area (Å²) in [5.74, 6) is 1.32. The van der Waals surface area contributed by atoms with Crippen molar-refractivity contribution in [1.82, 2.24) is 19.9 Å². The van der Waals surface area contributed by atoms with Crippen LogP contribution in [0.15, 0.2) is 194 Å². The van der Waals surface area contributed by atoms with E-state index in [1.807, 2.05) is 54.9 Å². The van der Waals surface area contributed by atoms with Crippen LogP contribution in [0.1, 0.15) is 33.4 Å². The Labute approximate surface area is 352 Å². The Morgan fingerprint density at radius 3 is 1.79 bits per heavy atom. The third kappa shape index (κ3) is 4.93. The molecular weight excluding hydrogens is 741 g/mol. The summed E-state index contributed by atoms with van der Waals surface area (Å²) in [6.45, 7) is 0. The first-order valence-electron chi connectivity index (χ1n) is 20.8. The predicted molar refractivity (Wildman–Crippen MR) is 249 cm³/mol. The quantitative estimate of drug-likeness (QED) is 0.167. The van der Waals surface area contributed by atoms with Gasteiger partial charge in [0.2, 0.25) is 0 Å². The lowest BCUT2D eigenvalue weighted by Crippen LogP contribution is -2.30. The summed E-state index contributed by atoms with van der Waals surface area (Å²) in [6.07, 6.45) is 8.31. The van der Waals surface area contributed by atoms with E-state index in [0.717, 1.165) is 39.2 Å². The predicted octanol–water partition coefficient (Wildman–Crippen LogP) is 13.7. The number of rotatable bonds is 4. The van der Waals surface area contributed by atoms with Crippen LogP contribution in [0, 0.1) is 0 Å². The van der Waals surface area contributed by atoms with Gasteiger partial charge in [-0.3, -0.25) is 0 Å². The van der Waals surface area contributed by atoms with Crippen LogP contribution in [0.25, 0.3) is 101 Å². The van der Waals surface area contributed by atoms with E-state index in [2.05, 4.69) is 152 Å². The second-order valence-corrected chi connectivity index (χ2v) is 16.2. The minimum atomic E-state index is -0.636. The van der Waals surface area contributed by atoms with Crippen molar-refractivity contribution < 1.29 is 0 Å². The van der Waals surface area contributed by atoms with Crippen LogP contribution in [-0.2, 0) is 5.41 Å². The Hall–Kier alpha value is -8.08. The molecule has 0 fully saturated rings. The highest BCUT2D eigenvalue weighted by Gasteiger charge is 2.49. The topological polar surface area (TPSA) is 51.6 Å². The van der Waals surface area contributed by atoms with Gasteiger partial charge in [0.15, 0.2) is 11.6 Å². The highest BCUT2D eigenvalue weighted by molar-refractivity contribution is 6.27. The normalized spacial score (nSPS) is 14.9. The molecule has 0 bridgehead atoms. The number of hydrogen-bond acceptors (Lipinski definition) is 4. The first-order chi connectivity index (χ1) is 30.2. The lowest BCUT2D eigenvalue weighted by molar-refractivity contribution is 0.768. The third-order valence-corrected chi connectivity index (χ3v) is 12.9. The minimum Gasteiger partial charge on any atom is -0.236 e. The Morgan fingerprint density at radius 2 is 1.00 bits per heavy atom. The van der Waals surface area contributed by atoms with E-state index in [4.69, 9.17) is 19.9 Å². The van der Waals surface area contributed by atoms with Crippen molar-refractivity contribution in [3.8, 4) is 56.4 Å². The van der Waals surface area contributed by atoms with Crippen molar-refractivity contribution in [1.29, 1.82) is 0 Å². The summed E-state index contributed by atoms with van der Waals surface area (Å²) in [5.41, 5.74) is 14.7. The van der Waals surface area contributed by atoms with Crippen LogP contribution in [0.5, 0.6) is 0 Å². The lowest BCUT2D eigenvalue weighted by Gasteiger charge is -2.36. The first-order valence-corrected chi connectivity index (χ1v) is 20.8. The van der Waals surface area contributed by atoms with Gasteiger partial charge in [-0.05, 0) is 95.0 Å². The maximum absolute atomic E-state index is 5.31. The Bertz CT molecular complexity index is 3560. The van der Waals surface area contributed by atoms with Gasteiger partial charge in [0.05, 0.1) is 16.8 Å². The fraction of sp³-hybridized carbons (Fsp3) is 0.0175. The Balaban J connectivity index is 1.08. The largest absolute Gasteiger partial charge is 0.236 e. The fourth-order valence-electron chi connectivity index (χ4n) is 10.3. The van der Waals surface area contributed by atoms with E-state index in [1.165, 1.54) is 71.3 Å². The molecule has 13 rings (SSSR count). The fourth-order valence-corrected chi connectivity index (χ4v) is 10.3. The molecule has 2 aliphatic rings. The van der Waals surface area contributed by atoms with Crippen molar-refractivity contribution in [3.05, 3.63) is 228 Å². The second kappa shape index (κ2) is 13.0. The van der Waals surface area contributed by atoms with Crippen LogP contribution < -0.4 is 0 Å². The van der Waals surface area contributed by atoms with Crippen molar-refractivity contribution >= 4 is 44.5 Å². The van der Waals surface area contributed by atoms with Gasteiger partial charge in [-0.2, -0.15) is 0 Å². The van der Waals surface area contributed by atoms with Gasteiger partial charge in [-0.25, -0.2) is 19.9 Å². The molecule has 9 aromatic carbocycles. The Kier molecular flexibility index (Phi) is 7.19. The molecule has 11 aromatic rings. The van der Waals surface area contributed by atoms with Gasteiger partial charge in [-0.15, -0.1) is 0 Å². The maximum Gasteiger partial charge on any atom is 0.160 e. The molecule has 0 radical (unpaired) electrons. The lowest BCUT2D eigenvalue weighted by atomic mass is 9.65. The van der Waals surface area contributed by atoms with E-state index in [0.29, 0.717) is 11.6 Å². The van der Waals surface area contributed by atoms with Gasteiger partial charge < -0.3 is 0 Å². The van der Waals surface area contributed by atoms with Gasteiger partial charge in [0.1, 0.15) is 0 Å². The SMILES string of the molecule is C1=Cc2ccc(-c3nc(-c4ccccc4)cc(-c4cnc(-c5ccccc5)nc4)n3)cc2C2(c3ccccc31)c1ccccc1-c1c2cc2ccc3cccc4ccc1c2c34. The summed E-state index contributed by atoms with van der Waals surface area (Å²) < 4.78 is 0. The van der Waals surface area contributed by atoms with Gasteiger partial charge >= 0.3 is 0 Å². The average molecular weight is 775 g/mol. The van der Waals surface area contributed by atoms with E-state index in [-0.39, 0.29) is 0 Å². The van der Waals surface area contributed by atoms with Crippen molar-refractivity contribution in [3.63, 3.8) is 0 Å². The van der Waals surface area contributed by atoms with Crippen LogP contribution in [-0.4, -0.2) is 19.9 Å². The zero-order valence-electron chi connectivity index (χ0n) is 32.9. The number of fused-ring (bicyclic) bond motifs is 10. The first kappa shape index (κ1) is 33.8. The standard InChI is InChI=1S/C57H34N4/c1-3-13-37(14-4-1)50-32-51(43-33-58-55(59-34-43)40-15-5-2-6-16-40)61-56(60-50)42-27-24-36-23-22-35-12-7-9-20-46(35)57(48(36)31-42)47-21-10-8-19-44(47)54-45-29-28-39-18-11-17-38-25-26-41(30-49(54)57)53(45)52(38)39/h1-34H. The molecule has 61 heavy (non-hydrogen) atoms. The molecule has 1 spiro atoms. The summed E-state index contributed by atoms with van der Waals surface area (Å²) in [7, 11) is 0. The summed E-state index contributed by atoms with van der Waals surface area (Å²) in [5, 5.41) is 7.74. The molecule has 282 valence electrons. The van der Waals surface area contributed by atoms with E-state index in [9.17, 15) is 0 Å². The van der Waals surface area contributed by atoms with Crippen LogP contribution in [0.4, 0.5) is 0 Å². The van der Waals surface area contributed by atoms with E-state index >= 15 is 0 Å². The Morgan fingerprint density at radius 1 is 0.361 bits per heavy atom. The van der Waals surface area contributed by atoms with Crippen LogP contribution in [0.3, 0.4) is 0 Å². The molecule has 2 aliphatic carbocycles. The second-order valence-electron chi connectivity index (χ2n) is 16.2. The molecule has 0 N–H and O–H groups in total. The monoisotopic (exact) mass is 774 g/mol. The van der Waals surface area contributed by atoms with E-state index in [1.54, 1.807) is 0 Å². The van der Waals surface area contributed by atoms with Crippen molar-refractivity contribution in [2.24, 2.45) is 0 Å². The molecule has 0 saturated carbocycles. The smallest absolute Gasteiger partial charge is 0.160 e. The van der Waals surface area contributed by atoms with Crippen molar-refractivity contribution in [2.75, 3.05) is 0 Å². The zero-order chi connectivity index (χ0) is 40.1. The van der Waals surface area contributed by atoms with Crippen LogP contribution in [0.2, 0.25) is 0 Å². The number of aromatic nitrogens is 4. The summed E-state index contributed by atoms with van der Waals surface area (Å²) >= 11 is 0. The number of hydrogen-bond donors (Lipinski definition) is 0. The number of benzene rings is 9. The molecule has 4 nitrogen and oxygen atoms in total. The molecule has 2 heterocycles. The highest BCUT2D eigenvalue weighted by atomic mass is 14.9. The molecular formula is C57H34N4. The highest BCUT2D eigenvalue weighted by Crippen LogP contribution is 2.61. The molecule has 0 saturated heterocycles. The third-order valence-electron chi connectivity index (χ3n) is 12.9. The number of nitrogens with zero attached hydrogens (tertiary/aromatic N) is 4. The zero-order valence-corrected chi connectivity index (χ0v) is 32.9. The summed E-state index contributed by atoms with van der Waals surface area (Å²) in [4.78, 5) is 20.2. The average Bonchev–Trinajstić information content (AvgIpc) is 3.54. The molecule has 4 heteroatoms. The maximum atomic E-state index is 5.31. The molecule has 0 amide bonds. The minimum absolute atomic E-state index is 0.636. The van der Waals surface area contributed by atoms with Gasteiger partial charge in [-0.1, -0.05) is 176 Å². The molecule has 2 aromatic heterocycles.